The number of aromatic hydroxyl groups is 1. The summed E-state index contributed by atoms with van der Waals surface area (Å²) >= 11 is 0. The van der Waals surface area contributed by atoms with Crippen molar-refractivity contribution >= 4 is 5.96 Å². The Morgan fingerprint density at radius 2 is 1.86 bits per heavy atom. The van der Waals surface area contributed by atoms with E-state index in [4.69, 9.17) is 9.47 Å². The molecule has 0 spiro atoms. The van der Waals surface area contributed by atoms with E-state index in [1.165, 1.54) is 5.56 Å². The summed E-state index contributed by atoms with van der Waals surface area (Å²) in [5.74, 6) is 1.88. The van der Waals surface area contributed by atoms with E-state index in [2.05, 4.69) is 40.7 Å². The highest BCUT2D eigenvalue weighted by Gasteiger charge is 2.06. The van der Waals surface area contributed by atoms with Crippen LogP contribution in [0.4, 0.5) is 0 Å². The Hall–Kier alpha value is -2.73. The number of phenolic OH excluding ortho intramolecular Hbond substituents is 1. The topological polar surface area (TPSA) is 75.1 Å². The lowest BCUT2D eigenvalue weighted by atomic mass is 10.1. The van der Waals surface area contributed by atoms with Crippen LogP contribution in [-0.4, -0.2) is 37.9 Å². The van der Waals surface area contributed by atoms with Crippen molar-refractivity contribution in [3.05, 3.63) is 59.2 Å². The molecule has 6 nitrogen and oxygen atoms in total. The molecule has 0 saturated carbocycles. The fourth-order valence-corrected chi connectivity index (χ4v) is 2.62. The molecular weight excluding hydrogens is 354 g/mol. The molecule has 0 radical (unpaired) electrons. The van der Waals surface area contributed by atoms with Crippen LogP contribution in [-0.2, 0) is 17.8 Å². The predicted octanol–water partition coefficient (Wildman–Crippen LogP) is 3.37. The molecule has 2 rings (SSSR count). The van der Waals surface area contributed by atoms with Gasteiger partial charge < -0.3 is 25.2 Å². The highest BCUT2D eigenvalue weighted by Crippen LogP contribution is 2.20. The lowest BCUT2D eigenvalue weighted by Crippen LogP contribution is -2.36. The molecule has 2 aromatic rings. The van der Waals surface area contributed by atoms with Crippen molar-refractivity contribution in [2.45, 2.75) is 33.4 Å². The lowest BCUT2D eigenvalue weighted by Gasteiger charge is -2.15. The molecule has 0 saturated heterocycles. The van der Waals surface area contributed by atoms with E-state index in [0.29, 0.717) is 26.3 Å². The van der Waals surface area contributed by atoms with Gasteiger partial charge in [0.2, 0.25) is 0 Å². The van der Waals surface area contributed by atoms with Gasteiger partial charge in [0.05, 0.1) is 13.2 Å². The van der Waals surface area contributed by atoms with Gasteiger partial charge in [-0.25, -0.2) is 4.99 Å². The first-order chi connectivity index (χ1) is 13.6. The number of nitrogens with zero attached hydrogens (tertiary/aromatic N) is 1. The number of guanidine groups is 1. The van der Waals surface area contributed by atoms with Gasteiger partial charge in [-0.05, 0) is 43.2 Å². The number of hydrogen-bond donors (Lipinski definition) is 3. The van der Waals surface area contributed by atoms with Crippen LogP contribution < -0.4 is 15.4 Å². The van der Waals surface area contributed by atoms with Crippen molar-refractivity contribution < 1.29 is 14.6 Å². The molecule has 0 heterocycles. The second-order valence-electron chi connectivity index (χ2n) is 6.52. The largest absolute Gasteiger partial charge is 0.508 e. The maximum atomic E-state index is 9.39. The Morgan fingerprint density at radius 3 is 2.57 bits per heavy atom. The Morgan fingerprint density at radius 1 is 1.07 bits per heavy atom. The van der Waals surface area contributed by atoms with E-state index in [9.17, 15) is 5.11 Å². The van der Waals surface area contributed by atoms with E-state index in [-0.39, 0.29) is 5.75 Å². The number of benzene rings is 2. The van der Waals surface area contributed by atoms with Crippen LogP contribution in [0.2, 0.25) is 0 Å². The van der Waals surface area contributed by atoms with E-state index in [1.807, 2.05) is 19.1 Å². The molecule has 28 heavy (non-hydrogen) atoms. The third-order valence-electron chi connectivity index (χ3n) is 4.12. The average Bonchev–Trinajstić information content (AvgIpc) is 2.69. The number of phenols is 1. The van der Waals surface area contributed by atoms with Crippen molar-refractivity contribution in [1.29, 1.82) is 0 Å². The lowest BCUT2D eigenvalue weighted by molar-refractivity contribution is 0.171. The molecule has 0 fully saturated rings. The Kier molecular flexibility index (Phi) is 9.15. The third kappa shape index (κ3) is 7.48. The van der Waals surface area contributed by atoms with E-state index in [0.717, 1.165) is 35.8 Å². The Balaban J connectivity index is 1.99. The minimum atomic E-state index is 0.259. The van der Waals surface area contributed by atoms with E-state index < -0.39 is 0 Å². The van der Waals surface area contributed by atoms with Crippen molar-refractivity contribution in [2.24, 2.45) is 4.99 Å². The van der Waals surface area contributed by atoms with Crippen LogP contribution in [0.5, 0.6) is 11.5 Å². The number of nitrogens with one attached hydrogen (secondary N) is 2. The van der Waals surface area contributed by atoms with Crippen LogP contribution in [0.3, 0.4) is 0 Å². The molecule has 152 valence electrons. The van der Waals surface area contributed by atoms with Gasteiger partial charge in [0.25, 0.3) is 0 Å². The first kappa shape index (κ1) is 21.6. The SMILES string of the molecule is CCNC(=NCc1ccc(O)cc1)NCc1ccc(C)cc1OCCCOC. The van der Waals surface area contributed by atoms with Crippen molar-refractivity contribution in [1.82, 2.24) is 10.6 Å². The first-order valence-corrected chi connectivity index (χ1v) is 9.63. The molecule has 0 unspecified atom stereocenters. The maximum Gasteiger partial charge on any atom is 0.191 e. The number of rotatable bonds is 10. The van der Waals surface area contributed by atoms with Crippen LogP contribution in [0.1, 0.15) is 30.0 Å². The summed E-state index contributed by atoms with van der Waals surface area (Å²) in [6, 6.07) is 13.3. The molecule has 0 bridgehead atoms. The second kappa shape index (κ2) is 11.9. The number of methoxy groups -OCH3 is 1. The average molecular weight is 386 g/mol. The van der Waals surface area contributed by atoms with Gasteiger partial charge in [-0.2, -0.15) is 0 Å². The zero-order chi connectivity index (χ0) is 20.2. The molecule has 0 amide bonds. The highest BCUT2D eigenvalue weighted by molar-refractivity contribution is 5.79. The molecule has 0 aromatic heterocycles. The standard InChI is InChI=1S/C22H31N3O3/c1-4-23-22(24-15-18-7-10-20(26)11-8-18)25-16-19-9-6-17(2)14-21(19)28-13-5-12-27-3/h6-11,14,26H,4-5,12-13,15-16H2,1-3H3,(H2,23,24,25). The van der Waals surface area contributed by atoms with Gasteiger partial charge in [0, 0.05) is 38.8 Å². The number of ether oxygens (including phenoxy) is 2. The van der Waals surface area contributed by atoms with Gasteiger partial charge in [0.1, 0.15) is 11.5 Å². The number of aliphatic imine (C=N–C) groups is 1. The van der Waals surface area contributed by atoms with E-state index >= 15 is 0 Å². The second-order valence-corrected chi connectivity index (χ2v) is 6.52. The van der Waals surface area contributed by atoms with Gasteiger partial charge in [-0.1, -0.05) is 24.3 Å². The van der Waals surface area contributed by atoms with Gasteiger partial charge in [0.15, 0.2) is 5.96 Å². The summed E-state index contributed by atoms with van der Waals surface area (Å²) in [5, 5.41) is 16.0. The molecular formula is C22H31N3O3. The van der Waals surface area contributed by atoms with Crippen molar-refractivity contribution in [2.75, 3.05) is 26.9 Å². The van der Waals surface area contributed by atoms with Crippen molar-refractivity contribution in [3.63, 3.8) is 0 Å². The number of aryl methyl sites for hydroxylation is 1. The van der Waals surface area contributed by atoms with Gasteiger partial charge in [-0.15, -0.1) is 0 Å². The molecule has 0 aliphatic rings. The normalized spacial score (nSPS) is 11.3. The molecule has 2 aromatic carbocycles. The molecule has 0 atom stereocenters. The highest BCUT2D eigenvalue weighted by atomic mass is 16.5. The third-order valence-corrected chi connectivity index (χ3v) is 4.12. The summed E-state index contributed by atoms with van der Waals surface area (Å²) in [5.41, 5.74) is 3.28. The zero-order valence-corrected chi connectivity index (χ0v) is 17.0. The Labute approximate surface area is 167 Å². The fraction of sp³-hybridized carbons (Fsp3) is 0.409. The first-order valence-electron chi connectivity index (χ1n) is 9.63. The summed E-state index contributed by atoms with van der Waals surface area (Å²) < 4.78 is 11.0. The molecule has 3 N–H and O–H groups in total. The Bertz CT molecular complexity index is 745. The quantitative estimate of drug-likeness (QED) is 0.332. The number of hydrogen-bond acceptors (Lipinski definition) is 4. The summed E-state index contributed by atoms with van der Waals surface area (Å²) in [7, 11) is 1.70. The predicted molar refractivity (Wildman–Crippen MR) is 113 cm³/mol. The van der Waals surface area contributed by atoms with E-state index in [1.54, 1.807) is 19.2 Å². The monoisotopic (exact) mass is 385 g/mol. The van der Waals surface area contributed by atoms with Gasteiger partial charge >= 0.3 is 0 Å². The summed E-state index contributed by atoms with van der Waals surface area (Å²) in [4.78, 5) is 4.62. The maximum absolute atomic E-state index is 9.39. The summed E-state index contributed by atoms with van der Waals surface area (Å²) in [6.45, 7) is 7.32. The van der Waals surface area contributed by atoms with Crippen LogP contribution in [0, 0.1) is 6.92 Å². The molecule has 6 heteroatoms. The van der Waals surface area contributed by atoms with Crippen LogP contribution >= 0.6 is 0 Å². The molecule has 0 aliphatic heterocycles. The fourth-order valence-electron chi connectivity index (χ4n) is 2.62. The van der Waals surface area contributed by atoms with Crippen LogP contribution in [0.15, 0.2) is 47.5 Å². The molecule has 0 aliphatic carbocycles. The van der Waals surface area contributed by atoms with Crippen LogP contribution in [0.25, 0.3) is 0 Å². The zero-order valence-electron chi connectivity index (χ0n) is 17.0. The smallest absolute Gasteiger partial charge is 0.191 e. The van der Waals surface area contributed by atoms with Crippen molar-refractivity contribution in [3.8, 4) is 11.5 Å². The minimum Gasteiger partial charge on any atom is -0.508 e. The van der Waals surface area contributed by atoms with Gasteiger partial charge in [-0.3, -0.25) is 0 Å². The minimum absolute atomic E-state index is 0.259. The summed E-state index contributed by atoms with van der Waals surface area (Å²) in [6.07, 6.45) is 0.855.